The maximum atomic E-state index is 12.9. The Morgan fingerprint density at radius 3 is 2.38 bits per heavy atom. The number of sulfonamides is 1. The molecule has 7 nitrogen and oxygen atoms in total. The van der Waals surface area contributed by atoms with E-state index in [1.165, 1.54) is 39.9 Å². The largest absolute Gasteiger partial charge is 0.456 e. The number of para-hydroxylation sites is 1. The third kappa shape index (κ3) is 5.53. The lowest BCUT2D eigenvalue weighted by molar-refractivity contribution is 0.0468. The first-order chi connectivity index (χ1) is 15.5. The Hall–Kier alpha value is -2.75. The van der Waals surface area contributed by atoms with Gasteiger partial charge in [0.15, 0.2) is 5.13 Å². The predicted molar refractivity (Wildman–Crippen MR) is 125 cm³/mol. The molecular weight excluding hydrogens is 446 g/mol. The molecule has 3 aromatic rings. The summed E-state index contributed by atoms with van der Waals surface area (Å²) in [5, 5.41) is 5.74. The van der Waals surface area contributed by atoms with Gasteiger partial charge in [-0.15, -0.1) is 11.3 Å². The number of ether oxygens (including phenoxy) is 1. The van der Waals surface area contributed by atoms with Crippen molar-refractivity contribution in [1.29, 1.82) is 0 Å². The van der Waals surface area contributed by atoms with E-state index in [4.69, 9.17) is 4.74 Å². The molecule has 0 amide bonds. The number of anilines is 2. The minimum atomic E-state index is -3.54. The van der Waals surface area contributed by atoms with Gasteiger partial charge in [-0.05, 0) is 49.2 Å². The molecule has 0 saturated carbocycles. The Balaban J connectivity index is 1.34. The van der Waals surface area contributed by atoms with Crippen LogP contribution in [-0.4, -0.2) is 36.8 Å². The van der Waals surface area contributed by atoms with Crippen molar-refractivity contribution >= 4 is 38.1 Å². The average Bonchev–Trinajstić information content (AvgIpc) is 3.07. The Labute approximate surface area is 192 Å². The van der Waals surface area contributed by atoms with E-state index in [-0.39, 0.29) is 11.5 Å². The Morgan fingerprint density at radius 1 is 1.00 bits per heavy atom. The minimum absolute atomic E-state index is 0.0413. The van der Waals surface area contributed by atoms with Gasteiger partial charge in [0.2, 0.25) is 10.0 Å². The van der Waals surface area contributed by atoms with Gasteiger partial charge in [0.25, 0.3) is 0 Å². The molecule has 1 N–H and O–H groups in total. The van der Waals surface area contributed by atoms with Gasteiger partial charge >= 0.3 is 5.97 Å². The molecule has 0 aliphatic carbocycles. The number of hydrogen-bond donors (Lipinski definition) is 1. The van der Waals surface area contributed by atoms with Crippen LogP contribution in [0.1, 0.15) is 41.7 Å². The molecule has 0 bridgehead atoms. The quantitative estimate of drug-likeness (QED) is 0.498. The second kappa shape index (κ2) is 10.2. The zero-order chi connectivity index (χ0) is 22.4. The molecule has 168 valence electrons. The van der Waals surface area contributed by atoms with Crippen LogP contribution in [0, 0.1) is 0 Å². The molecule has 0 unspecified atom stereocenters. The highest BCUT2D eigenvalue weighted by molar-refractivity contribution is 7.89. The van der Waals surface area contributed by atoms with E-state index in [0.29, 0.717) is 29.5 Å². The number of aromatic nitrogens is 1. The number of rotatable bonds is 7. The van der Waals surface area contributed by atoms with Gasteiger partial charge < -0.3 is 10.1 Å². The molecule has 4 rings (SSSR count). The molecule has 2 heterocycles. The molecule has 1 aromatic heterocycles. The fraction of sp³-hybridized carbons (Fsp3) is 0.304. The van der Waals surface area contributed by atoms with Crippen LogP contribution in [0.25, 0.3) is 0 Å². The van der Waals surface area contributed by atoms with Crippen LogP contribution in [0.15, 0.2) is 64.9 Å². The van der Waals surface area contributed by atoms with Crippen LogP contribution in [0.4, 0.5) is 10.8 Å². The number of esters is 1. The summed E-state index contributed by atoms with van der Waals surface area (Å²) in [6, 6.07) is 15.6. The third-order valence-electron chi connectivity index (χ3n) is 5.22. The van der Waals surface area contributed by atoms with Crippen molar-refractivity contribution < 1.29 is 17.9 Å². The first-order valence-corrected chi connectivity index (χ1v) is 12.9. The third-order valence-corrected chi connectivity index (χ3v) is 7.94. The van der Waals surface area contributed by atoms with Crippen LogP contribution in [0.5, 0.6) is 0 Å². The molecule has 0 atom stereocenters. The van der Waals surface area contributed by atoms with Crippen LogP contribution in [-0.2, 0) is 21.4 Å². The van der Waals surface area contributed by atoms with Gasteiger partial charge in [0.1, 0.15) is 6.61 Å². The molecule has 1 saturated heterocycles. The minimum Gasteiger partial charge on any atom is -0.456 e. The topological polar surface area (TPSA) is 88.6 Å². The van der Waals surface area contributed by atoms with Crippen molar-refractivity contribution in [1.82, 2.24) is 9.29 Å². The van der Waals surface area contributed by atoms with Gasteiger partial charge in [0.05, 0.1) is 16.2 Å². The molecule has 0 radical (unpaired) electrons. The van der Waals surface area contributed by atoms with Crippen LogP contribution in [0.3, 0.4) is 0 Å². The number of hydrogen-bond acceptors (Lipinski definition) is 7. The van der Waals surface area contributed by atoms with Crippen molar-refractivity contribution in [3.63, 3.8) is 0 Å². The van der Waals surface area contributed by atoms with Crippen molar-refractivity contribution in [2.45, 2.75) is 37.2 Å². The van der Waals surface area contributed by atoms with Gasteiger partial charge in [-0.1, -0.05) is 31.0 Å². The van der Waals surface area contributed by atoms with E-state index in [9.17, 15) is 13.2 Å². The lowest BCUT2D eigenvalue weighted by atomic mass is 10.2. The smallest absolute Gasteiger partial charge is 0.338 e. The fourth-order valence-corrected chi connectivity index (χ4v) is 5.72. The maximum absolute atomic E-state index is 12.9. The van der Waals surface area contributed by atoms with Gasteiger partial charge in [-0.25, -0.2) is 18.2 Å². The normalized spacial score (nSPS) is 15.1. The molecule has 2 aromatic carbocycles. The summed E-state index contributed by atoms with van der Waals surface area (Å²) in [6.07, 6.45) is 3.87. The first kappa shape index (κ1) is 22.4. The number of nitrogens with zero attached hydrogens (tertiary/aromatic N) is 2. The SMILES string of the molecule is O=C(OCc1csc(Nc2ccccc2)n1)c1ccc(S(=O)(=O)N2CCCCCC2)cc1. The van der Waals surface area contributed by atoms with Gasteiger partial charge in [0, 0.05) is 24.2 Å². The number of nitrogens with one attached hydrogen (secondary N) is 1. The second-order valence-electron chi connectivity index (χ2n) is 7.55. The Morgan fingerprint density at radius 2 is 1.69 bits per heavy atom. The van der Waals surface area contributed by atoms with E-state index < -0.39 is 16.0 Å². The highest BCUT2D eigenvalue weighted by atomic mass is 32.2. The lowest BCUT2D eigenvalue weighted by Crippen LogP contribution is -2.31. The molecule has 0 spiro atoms. The van der Waals surface area contributed by atoms with Crippen LogP contribution in [0.2, 0.25) is 0 Å². The standard InChI is InChI=1S/C23H25N3O4S2/c27-22(30-16-20-17-31-23(25-20)24-19-8-4-3-5-9-19)18-10-12-21(13-11-18)32(28,29)26-14-6-1-2-7-15-26/h3-5,8-13,17H,1-2,6-7,14-16H2,(H,24,25). The Bertz CT molecular complexity index is 1140. The van der Waals surface area contributed by atoms with E-state index in [0.717, 1.165) is 31.4 Å². The van der Waals surface area contributed by atoms with E-state index >= 15 is 0 Å². The molecule has 1 aliphatic heterocycles. The second-order valence-corrected chi connectivity index (χ2v) is 10.3. The molecule has 1 aliphatic rings. The fourth-order valence-electron chi connectivity index (χ4n) is 3.49. The molecule has 32 heavy (non-hydrogen) atoms. The van der Waals surface area contributed by atoms with Crippen molar-refractivity contribution in [2.24, 2.45) is 0 Å². The highest BCUT2D eigenvalue weighted by Crippen LogP contribution is 2.23. The summed E-state index contributed by atoms with van der Waals surface area (Å²) < 4.78 is 32.6. The molecule has 9 heteroatoms. The average molecular weight is 472 g/mol. The first-order valence-electron chi connectivity index (χ1n) is 10.6. The van der Waals surface area contributed by atoms with E-state index in [1.807, 2.05) is 35.7 Å². The van der Waals surface area contributed by atoms with Crippen molar-refractivity contribution in [3.8, 4) is 0 Å². The van der Waals surface area contributed by atoms with Gasteiger partial charge in [-0.3, -0.25) is 0 Å². The number of thiazole rings is 1. The molecular formula is C23H25N3O4S2. The monoisotopic (exact) mass is 471 g/mol. The van der Waals surface area contributed by atoms with Crippen LogP contribution < -0.4 is 5.32 Å². The Kier molecular flexibility index (Phi) is 7.19. The van der Waals surface area contributed by atoms with Crippen LogP contribution >= 0.6 is 11.3 Å². The summed E-state index contributed by atoms with van der Waals surface area (Å²) in [4.78, 5) is 17.0. The molecule has 1 fully saturated rings. The zero-order valence-electron chi connectivity index (χ0n) is 17.6. The maximum Gasteiger partial charge on any atom is 0.338 e. The van der Waals surface area contributed by atoms with Crippen molar-refractivity contribution in [3.05, 3.63) is 71.2 Å². The number of carbonyl (C=O) groups is 1. The summed E-state index contributed by atoms with van der Waals surface area (Å²) in [5.41, 5.74) is 1.88. The summed E-state index contributed by atoms with van der Waals surface area (Å²) in [5.74, 6) is -0.519. The summed E-state index contributed by atoms with van der Waals surface area (Å²) >= 11 is 1.43. The van der Waals surface area contributed by atoms with E-state index in [2.05, 4.69) is 10.3 Å². The summed E-state index contributed by atoms with van der Waals surface area (Å²) in [6.45, 7) is 1.13. The number of carbonyl (C=O) groups excluding carboxylic acids is 1. The predicted octanol–water partition coefficient (Wildman–Crippen LogP) is 4.81. The lowest BCUT2D eigenvalue weighted by Gasteiger charge is -2.19. The van der Waals surface area contributed by atoms with Crippen molar-refractivity contribution in [2.75, 3.05) is 18.4 Å². The number of benzene rings is 2. The van der Waals surface area contributed by atoms with Gasteiger partial charge in [-0.2, -0.15) is 4.31 Å². The summed E-state index contributed by atoms with van der Waals surface area (Å²) in [7, 11) is -3.54. The highest BCUT2D eigenvalue weighted by Gasteiger charge is 2.25. The van der Waals surface area contributed by atoms with E-state index in [1.54, 1.807) is 0 Å². The zero-order valence-corrected chi connectivity index (χ0v) is 19.2.